The van der Waals surface area contributed by atoms with Crippen molar-refractivity contribution in [3.8, 4) is 0 Å². The van der Waals surface area contributed by atoms with E-state index < -0.39 is 28.5 Å². The first-order valence-electron chi connectivity index (χ1n) is 12.3. The molecule has 7 nitrogen and oxygen atoms in total. The largest absolute Gasteiger partial charge is 0.354 e. The molecule has 208 valence electrons. The van der Waals surface area contributed by atoms with Crippen LogP contribution in [-0.4, -0.2) is 44.3 Å². The summed E-state index contributed by atoms with van der Waals surface area (Å²) >= 11 is 16.1. The number of nitrogens with one attached hydrogen (secondary N) is 1. The van der Waals surface area contributed by atoms with Gasteiger partial charge in [0.25, 0.3) is 10.0 Å². The molecule has 0 spiro atoms. The van der Waals surface area contributed by atoms with Crippen LogP contribution in [0.5, 0.6) is 0 Å². The van der Waals surface area contributed by atoms with E-state index in [1.165, 1.54) is 29.2 Å². The normalized spacial score (nSPS) is 12.1. The Balaban J connectivity index is 2.05. The molecule has 0 aliphatic rings. The molecule has 0 saturated heterocycles. The molecule has 3 rings (SSSR count). The van der Waals surface area contributed by atoms with E-state index in [9.17, 15) is 18.0 Å². The summed E-state index contributed by atoms with van der Waals surface area (Å²) in [5, 5.41) is 2.95. The molecule has 39 heavy (non-hydrogen) atoms. The van der Waals surface area contributed by atoms with Gasteiger partial charge in [-0.3, -0.25) is 13.9 Å². The van der Waals surface area contributed by atoms with Crippen molar-refractivity contribution in [3.63, 3.8) is 0 Å². The Labute approximate surface area is 248 Å². The predicted octanol–water partition coefficient (Wildman–Crippen LogP) is 6.20. The molecule has 0 aromatic heterocycles. The fraction of sp³-hybridized carbons (Fsp3) is 0.286. The Bertz CT molecular complexity index is 1420. The summed E-state index contributed by atoms with van der Waals surface area (Å²) < 4.78 is 29.6. The zero-order chi connectivity index (χ0) is 28.7. The van der Waals surface area contributed by atoms with E-state index in [1.807, 2.05) is 38.1 Å². The number of hydrogen-bond donors (Lipinski definition) is 1. The van der Waals surface area contributed by atoms with Gasteiger partial charge in [0.2, 0.25) is 11.8 Å². The molecular formula is C28H30BrCl2N3O4S. The van der Waals surface area contributed by atoms with Gasteiger partial charge in [-0.2, -0.15) is 0 Å². The summed E-state index contributed by atoms with van der Waals surface area (Å²) in [6, 6.07) is 17.3. The fourth-order valence-corrected chi connectivity index (χ4v) is 5.94. The van der Waals surface area contributed by atoms with Crippen LogP contribution in [0.15, 0.2) is 76.1 Å². The van der Waals surface area contributed by atoms with Gasteiger partial charge in [-0.15, -0.1) is 0 Å². The molecule has 0 aliphatic heterocycles. The van der Waals surface area contributed by atoms with Crippen LogP contribution in [0, 0.1) is 6.92 Å². The minimum Gasteiger partial charge on any atom is -0.354 e. The van der Waals surface area contributed by atoms with E-state index in [4.69, 9.17) is 23.2 Å². The minimum absolute atomic E-state index is 0.00384. The second kappa shape index (κ2) is 13.7. The van der Waals surface area contributed by atoms with Gasteiger partial charge in [0.05, 0.1) is 20.6 Å². The van der Waals surface area contributed by atoms with Crippen molar-refractivity contribution in [2.75, 3.05) is 17.4 Å². The minimum atomic E-state index is -4.24. The van der Waals surface area contributed by atoms with E-state index in [0.29, 0.717) is 6.54 Å². The molecule has 3 aromatic carbocycles. The number of anilines is 1. The zero-order valence-corrected chi connectivity index (χ0v) is 25.7. The number of rotatable bonds is 11. The molecule has 11 heteroatoms. The number of aryl methyl sites for hydroxylation is 1. The van der Waals surface area contributed by atoms with Gasteiger partial charge in [0.1, 0.15) is 12.6 Å². The van der Waals surface area contributed by atoms with Crippen LogP contribution in [-0.2, 0) is 26.2 Å². The van der Waals surface area contributed by atoms with Gasteiger partial charge in [-0.1, -0.05) is 82.0 Å². The van der Waals surface area contributed by atoms with Crippen molar-refractivity contribution in [1.29, 1.82) is 0 Å². The molecule has 0 bridgehead atoms. The monoisotopic (exact) mass is 653 g/mol. The Morgan fingerprint density at radius 2 is 1.64 bits per heavy atom. The zero-order valence-electron chi connectivity index (χ0n) is 21.8. The number of carbonyl (C=O) groups is 2. The highest BCUT2D eigenvalue weighted by molar-refractivity contribution is 9.10. The number of halogens is 3. The number of nitrogens with zero attached hydrogens (tertiary/aromatic N) is 2. The topological polar surface area (TPSA) is 86.8 Å². The van der Waals surface area contributed by atoms with Crippen molar-refractivity contribution >= 4 is 66.7 Å². The highest BCUT2D eigenvalue weighted by atomic mass is 79.9. The lowest BCUT2D eigenvalue weighted by molar-refractivity contribution is -0.139. The van der Waals surface area contributed by atoms with Crippen molar-refractivity contribution < 1.29 is 18.0 Å². The summed E-state index contributed by atoms with van der Waals surface area (Å²) in [6.07, 6.45) is 0.731. The summed E-state index contributed by atoms with van der Waals surface area (Å²) in [5.41, 5.74) is 1.71. The highest BCUT2D eigenvalue weighted by Crippen LogP contribution is 2.35. The molecule has 1 atom stereocenters. The van der Waals surface area contributed by atoms with Crippen molar-refractivity contribution in [3.05, 3.63) is 92.4 Å². The first kappa shape index (κ1) is 30.9. The van der Waals surface area contributed by atoms with Gasteiger partial charge in [0, 0.05) is 17.6 Å². The van der Waals surface area contributed by atoms with Crippen LogP contribution >= 0.6 is 39.1 Å². The number of amides is 2. The van der Waals surface area contributed by atoms with Gasteiger partial charge in [0.15, 0.2) is 0 Å². The van der Waals surface area contributed by atoms with Crippen LogP contribution in [0.3, 0.4) is 0 Å². The van der Waals surface area contributed by atoms with E-state index >= 15 is 0 Å². The average molecular weight is 655 g/mol. The first-order chi connectivity index (χ1) is 18.4. The third-order valence-electron chi connectivity index (χ3n) is 6.07. The maximum absolute atomic E-state index is 13.9. The number of carbonyl (C=O) groups excluding carboxylic acids is 2. The number of benzene rings is 3. The molecule has 0 fully saturated rings. The van der Waals surface area contributed by atoms with E-state index in [0.717, 1.165) is 26.3 Å². The molecule has 1 N–H and O–H groups in total. The predicted molar refractivity (Wildman–Crippen MR) is 160 cm³/mol. The second-order valence-corrected chi connectivity index (χ2v) is 12.6. The Hall–Kier alpha value is -2.59. The quantitative estimate of drug-likeness (QED) is 0.267. The van der Waals surface area contributed by atoms with E-state index in [-0.39, 0.29) is 33.1 Å². The van der Waals surface area contributed by atoms with Gasteiger partial charge < -0.3 is 10.2 Å². The fourth-order valence-electron chi connectivity index (χ4n) is 3.80. The summed E-state index contributed by atoms with van der Waals surface area (Å²) in [5.74, 6) is -0.917. The van der Waals surface area contributed by atoms with Crippen molar-refractivity contribution in [1.82, 2.24) is 10.2 Å². The number of sulfonamides is 1. The van der Waals surface area contributed by atoms with Crippen molar-refractivity contribution in [2.24, 2.45) is 0 Å². The Morgan fingerprint density at radius 3 is 2.26 bits per heavy atom. The van der Waals surface area contributed by atoms with E-state index in [1.54, 1.807) is 25.1 Å². The third-order valence-corrected chi connectivity index (χ3v) is 9.18. The smallest absolute Gasteiger partial charge is 0.264 e. The lowest BCUT2D eigenvalue weighted by Crippen LogP contribution is -2.51. The average Bonchev–Trinajstić information content (AvgIpc) is 2.91. The molecule has 0 radical (unpaired) electrons. The molecule has 0 unspecified atom stereocenters. The highest BCUT2D eigenvalue weighted by Gasteiger charge is 2.33. The molecule has 0 saturated carbocycles. The lowest BCUT2D eigenvalue weighted by Gasteiger charge is -2.32. The maximum atomic E-state index is 13.9. The standard InChI is InChI=1S/C28H30BrCl2N3O4S/c1-4-16-32-28(36)20(3)33(17-21-10-12-22(29)13-11-21)26(35)18-34(25-7-5-6-24(30)27(25)31)39(37,38)23-14-8-19(2)9-15-23/h5-15,20H,4,16-18H2,1-3H3,(H,32,36)/t20-/m0/s1. The summed E-state index contributed by atoms with van der Waals surface area (Å²) in [4.78, 5) is 28.2. The van der Waals surface area contributed by atoms with Crippen molar-refractivity contribution in [2.45, 2.75) is 44.7 Å². The second-order valence-electron chi connectivity index (χ2n) is 9.01. The van der Waals surface area contributed by atoms with Crippen LogP contribution in [0.25, 0.3) is 0 Å². The summed E-state index contributed by atoms with van der Waals surface area (Å²) in [7, 11) is -4.24. The molecule has 0 heterocycles. The molecule has 3 aromatic rings. The Kier molecular flexibility index (Phi) is 10.8. The van der Waals surface area contributed by atoms with Gasteiger partial charge in [-0.05, 0) is 62.2 Å². The van der Waals surface area contributed by atoms with E-state index in [2.05, 4.69) is 21.2 Å². The van der Waals surface area contributed by atoms with Gasteiger partial charge in [-0.25, -0.2) is 8.42 Å². The number of hydrogen-bond acceptors (Lipinski definition) is 4. The van der Waals surface area contributed by atoms with Crippen LogP contribution in [0.2, 0.25) is 10.0 Å². The van der Waals surface area contributed by atoms with Crippen LogP contribution < -0.4 is 9.62 Å². The van der Waals surface area contributed by atoms with Crippen LogP contribution in [0.4, 0.5) is 5.69 Å². The summed E-state index contributed by atoms with van der Waals surface area (Å²) in [6.45, 7) is 5.34. The first-order valence-corrected chi connectivity index (χ1v) is 15.3. The van der Waals surface area contributed by atoms with Gasteiger partial charge >= 0.3 is 0 Å². The SMILES string of the molecule is CCCNC(=O)[C@H](C)N(Cc1ccc(Br)cc1)C(=O)CN(c1cccc(Cl)c1Cl)S(=O)(=O)c1ccc(C)cc1. The lowest BCUT2D eigenvalue weighted by atomic mass is 10.1. The third kappa shape index (κ3) is 7.75. The molecule has 0 aliphatic carbocycles. The molecule has 2 amide bonds. The Morgan fingerprint density at radius 1 is 1.00 bits per heavy atom. The maximum Gasteiger partial charge on any atom is 0.264 e. The molecular weight excluding hydrogens is 625 g/mol. The van der Waals surface area contributed by atoms with Crippen LogP contribution in [0.1, 0.15) is 31.4 Å².